The molecule has 0 N–H and O–H groups in total. The van der Waals surface area contributed by atoms with Crippen LogP contribution in [-0.4, -0.2) is 19.5 Å². The molecule has 8 aromatic rings. The van der Waals surface area contributed by atoms with Crippen LogP contribution in [0.15, 0.2) is 114 Å². The minimum Gasteiger partial charge on any atom is -0.501 e. The van der Waals surface area contributed by atoms with E-state index in [4.69, 9.17) is 14.4 Å². The Balaban J connectivity index is 0.000000173. The minimum absolute atomic E-state index is 0. The SMILES string of the molecule is CC1(C)c2ccc[c-]c2-n2c(nc3cccnc32)C1(C)C.Cc1cnc(-c2[c-]ccc3c2oc2cc(-c4ccccc4)ccc23)cc1CC(C)(C)C.[Ir]. The molecule has 0 saturated carbocycles. The number of hydrogen-bond donors (Lipinski definition) is 0. The zero-order chi connectivity index (χ0) is 36.4. The van der Waals surface area contributed by atoms with Gasteiger partial charge in [-0.25, -0.2) is 9.97 Å². The first kappa shape index (κ1) is 36.5. The third-order valence-electron chi connectivity index (χ3n) is 11.0. The fraction of sp³-hybridized carbons (Fsp3) is 0.255. The molecule has 0 fully saturated rings. The Morgan fingerprint density at radius 3 is 2.34 bits per heavy atom. The van der Waals surface area contributed by atoms with Gasteiger partial charge in [-0.15, -0.1) is 23.8 Å². The summed E-state index contributed by atoms with van der Waals surface area (Å²) in [6, 6.07) is 40.1. The maximum Gasteiger partial charge on any atom is 0.162 e. The van der Waals surface area contributed by atoms with Crippen molar-refractivity contribution in [1.82, 2.24) is 19.5 Å². The number of imidazole rings is 1. The molecule has 4 aromatic carbocycles. The molecule has 1 radical (unpaired) electrons. The zero-order valence-electron chi connectivity index (χ0n) is 31.6. The van der Waals surface area contributed by atoms with Gasteiger partial charge in [0.2, 0.25) is 0 Å². The minimum atomic E-state index is -0.0874. The molecule has 6 heteroatoms. The smallest absolute Gasteiger partial charge is 0.162 e. The Morgan fingerprint density at radius 2 is 1.57 bits per heavy atom. The summed E-state index contributed by atoms with van der Waals surface area (Å²) in [5.41, 5.74) is 12.8. The molecule has 0 bridgehead atoms. The van der Waals surface area contributed by atoms with Crippen molar-refractivity contribution in [2.24, 2.45) is 5.41 Å². The maximum atomic E-state index is 6.40. The van der Waals surface area contributed by atoms with Crippen LogP contribution in [0.25, 0.3) is 61.2 Å². The Morgan fingerprint density at radius 1 is 0.774 bits per heavy atom. The molecule has 0 saturated heterocycles. The van der Waals surface area contributed by atoms with Crippen molar-refractivity contribution < 1.29 is 24.5 Å². The summed E-state index contributed by atoms with van der Waals surface area (Å²) in [6.45, 7) is 18.0. The largest absolute Gasteiger partial charge is 0.501 e. The Labute approximate surface area is 325 Å². The summed E-state index contributed by atoms with van der Waals surface area (Å²) in [5, 5.41) is 2.22. The van der Waals surface area contributed by atoms with Gasteiger partial charge in [0, 0.05) is 43.3 Å². The summed E-state index contributed by atoms with van der Waals surface area (Å²) in [4.78, 5) is 14.2. The first-order valence-electron chi connectivity index (χ1n) is 18.1. The van der Waals surface area contributed by atoms with Gasteiger partial charge in [0.15, 0.2) is 5.65 Å². The van der Waals surface area contributed by atoms with E-state index in [1.54, 1.807) is 0 Å². The van der Waals surface area contributed by atoms with Crippen LogP contribution in [0.3, 0.4) is 0 Å². The number of rotatable bonds is 3. The number of aryl methyl sites for hydroxylation is 1. The molecule has 0 spiro atoms. The van der Waals surface area contributed by atoms with Crippen molar-refractivity contribution in [2.75, 3.05) is 0 Å². The fourth-order valence-corrected chi connectivity index (χ4v) is 7.48. The van der Waals surface area contributed by atoms with Crippen molar-refractivity contribution in [3.05, 3.63) is 144 Å². The number of benzene rings is 4. The Hall–Kier alpha value is -4.90. The predicted octanol–water partition coefficient (Wildman–Crippen LogP) is 11.8. The summed E-state index contributed by atoms with van der Waals surface area (Å²) in [7, 11) is 0. The maximum absolute atomic E-state index is 6.40. The molecule has 1 aliphatic heterocycles. The van der Waals surface area contributed by atoms with Crippen LogP contribution >= 0.6 is 0 Å². The van der Waals surface area contributed by atoms with Gasteiger partial charge in [0.05, 0.1) is 5.58 Å². The molecule has 5 nitrogen and oxygen atoms in total. The van der Waals surface area contributed by atoms with E-state index in [2.05, 4.69) is 144 Å². The van der Waals surface area contributed by atoms with Gasteiger partial charge >= 0.3 is 0 Å². The first-order valence-corrected chi connectivity index (χ1v) is 18.1. The number of fused-ring (bicyclic) bond motifs is 8. The second-order valence-electron chi connectivity index (χ2n) is 16.3. The average Bonchev–Trinajstić information content (AvgIpc) is 3.71. The Bertz CT molecular complexity index is 2610. The van der Waals surface area contributed by atoms with E-state index in [-0.39, 0.29) is 36.4 Å². The molecule has 0 aliphatic carbocycles. The van der Waals surface area contributed by atoms with Crippen molar-refractivity contribution in [3.63, 3.8) is 0 Å². The monoisotopic (exact) mass is 873 g/mol. The second kappa shape index (κ2) is 13.5. The molecule has 9 rings (SSSR count). The van der Waals surface area contributed by atoms with E-state index in [0.717, 1.165) is 67.9 Å². The van der Waals surface area contributed by atoms with Gasteiger partial charge < -0.3 is 14.0 Å². The quantitative estimate of drug-likeness (QED) is 0.166. The van der Waals surface area contributed by atoms with Crippen molar-refractivity contribution in [2.45, 2.75) is 72.6 Å². The van der Waals surface area contributed by atoms with E-state index < -0.39 is 0 Å². The van der Waals surface area contributed by atoms with Crippen molar-refractivity contribution in [1.29, 1.82) is 0 Å². The number of nitrogens with zero attached hydrogens (tertiary/aromatic N) is 4. The third kappa shape index (κ3) is 6.32. The van der Waals surface area contributed by atoms with Gasteiger partial charge in [0.25, 0.3) is 0 Å². The fourth-order valence-electron chi connectivity index (χ4n) is 7.48. The summed E-state index contributed by atoms with van der Waals surface area (Å²) in [5.74, 6) is 1.07. The molecular weight excluding hydrogens is 829 g/mol. The van der Waals surface area contributed by atoms with Gasteiger partial charge in [0.1, 0.15) is 16.9 Å². The second-order valence-corrected chi connectivity index (χ2v) is 16.3. The molecule has 1 aliphatic rings. The van der Waals surface area contributed by atoms with Gasteiger partial charge in [-0.05, 0) is 64.8 Å². The van der Waals surface area contributed by atoms with Crippen molar-refractivity contribution >= 4 is 33.1 Å². The van der Waals surface area contributed by atoms with Crippen LogP contribution in [0.2, 0.25) is 0 Å². The topological polar surface area (TPSA) is 56.7 Å². The number of furan rings is 1. The molecule has 0 unspecified atom stereocenters. The van der Waals surface area contributed by atoms with Crippen LogP contribution in [0.4, 0.5) is 0 Å². The molecular formula is C47H44IrN4O-2. The van der Waals surface area contributed by atoms with E-state index in [1.165, 1.54) is 22.3 Å². The molecule has 53 heavy (non-hydrogen) atoms. The van der Waals surface area contributed by atoms with Gasteiger partial charge in [-0.3, -0.25) is 0 Å². The van der Waals surface area contributed by atoms with Crippen LogP contribution in [0.5, 0.6) is 0 Å². The van der Waals surface area contributed by atoms with Gasteiger partial charge in [-0.2, -0.15) is 24.3 Å². The summed E-state index contributed by atoms with van der Waals surface area (Å²) < 4.78 is 8.58. The van der Waals surface area contributed by atoms with Crippen LogP contribution in [-0.2, 0) is 37.4 Å². The Kier molecular flexibility index (Phi) is 9.29. The molecule has 5 heterocycles. The first-order chi connectivity index (χ1) is 24.8. The van der Waals surface area contributed by atoms with Gasteiger partial charge in [-0.1, -0.05) is 119 Å². The zero-order valence-corrected chi connectivity index (χ0v) is 34.0. The molecule has 0 atom stereocenters. The average molecular weight is 873 g/mol. The summed E-state index contributed by atoms with van der Waals surface area (Å²) in [6.07, 6.45) is 4.80. The standard InChI is InChI=1S/C29H26NO.C18H18N3.Ir/c1-19-18-30-26(15-22(19)17-29(2,3)4)25-12-8-11-24-23-14-13-21(16-27(23)31-28(24)25)20-9-6-5-7-10-20;1-17(2)12-8-5-6-10-14(12)21-15-13(9-7-11-19-15)20-16(21)18(17,3)4;/h5-11,13-16,18H,17H2,1-4H3;5-9,11H,1-4H3;/q2*-1;. The van der Waals surface area contributed by atoms with Crippen LogP contribution in [0.1, 0.15) is 71.0 Å². The molecule has 0 amide bonds. The van der Waals surface area contributed by atoms with Crippen LogP contribution in [0, 0.1) is 24.5 Å². The third-order valence-corrected chi connectivity index (χ3v) is 11.0. The van der Waals surface area contributed by atoms with Crippen molar-refractivity contribution in [3.8, 4) is 28.1 Å². The summed E-state index contributed by atoms with van der Waals surface area (Å²) >= 11 is 0. The van der Waals surface area contributed by atoms with E-state index in [0.29, 0.717) is 0 Å². The number of aromatic nitrogens is 4. The molecule has 4 aromatic heterocycles. The number of para-hydroxylation sites is 1. The van der Waals surface area contributed by atoms with E-state index in [9.17, 15) is 0 Å². The number of pyridine rings is 2. The predicted molar refractivity (Wildman–Crippen MR) is 213 cm³/mol. The van der Waals surface area contributed by atoms with E-state index in [1.807, 2.05) is 42.7 Å². The normalized spacial score (nSPS) is 14.3. The molecule has 269 valence electrons. The number of hydrogen-bond acceptors (Lipinski definition) is 4. The van der Waals surface area contributed by atoms with Crippen LogP contribution < -0.4 is 0 Å². The van der Waals surface area contributed by atoms with E-state index >= 15 is 0 Å².